The minimum absolute atomic E-state index is 0. The predicted molar refractivity (Wildman–Crippen MR) is 240 cm³/mol. The van der Waals surface area contributed by atoms with Gasteiger partial charge >= 0.3 is 30.2 Å². The number of ether oxygens (including phenoxy) is 6. The largest absolute Gasteiger partial charge is 0.514 e. The molecule has 0 aromatic heterocycles. The van der Waals surface area contributed by atoms with E-state index < -0.39 is 35.5 Å². The summed E-state index contributed by atoms with van der Waals surface area (Å²) in [4.78, 5) is 61.1. The number of esters is 2. The topological polar surface area (TPSA) is 167 Å². The van der Waals surface area contributed by atoms with Crippen LogP contribution in [0, 0.1) is 11.8 Å². The molecule has 0 heterocycles. The van der Waals surface area contributed by atoms with Crippen LogP contribution in [0.4, 0.5) is 9.59 Å². The highest BCUT2D eigenvalue weighted by atomic mass is 16.7. The van der Waals surface area contributed by atoms with Crippen molar-refractivity contribution in [3.8, 4) is 11.5 Å². The van der Waals surface area contributed by atoms with Crippen LogP contribution in [0.2, 0.25) is 0 Å². The van der Waals surface area contributed by atoms with Crippen LogP contribution in [-0.4, -0.2) is 89.1 Å². The molecule has 0 unspecified atom stereocenters. The normalized spacial score (nSPS) is 12.0. The molecule has 0 saturated carbocycles. The van der Waals surface area contributed by atoms with Gasteiger partial charge in [0.25, 0.3) is 0 Å². The van der Waals surface area contributed by atoms with Crippen molar-refractivity contribution in [1.82, 2.24) is 9.80 Å². The molecule has 3 rings (SSSR count). The molecule has 0 spiro atoms. The second-order valence-electron chi connectivity index (χ2n) is 17.0. The van der Waals surface area contributed by atoms with E-state index in [-0.39, 0.29) is 43.8 Å². The molecular formula is C48H72N2O12. The summed E-state index contributed by atoms with van der Waals surface area (Å²) in [7, 11) is 3.68. The SMILES string of the molecule is C.CC(C)[C@@H](C(=O)O)N(C)Cc1ccc(OC(=O)OC(C)(C)C)cc1.CC(C)[C@@H](C(=O)OCc1ccccc1)N(C)Cc1ccc(OC(=O)OC(C)(C)C)cc1.CCOC(C)=O. The standard InChI is InChI=1S/C25H33NO5.C18H27NO5.C4H8O2.CH4/c1-18(2)22(23(27)29-17-20-10-8-7-9-11-20)26(6)16-19-12-14-21(15-13-19)30-24(28)31-25(3,4)5;1-12(2)15(16(20)21)19(6)11-13-7-9-14(10-8-13)23-17(22)24-18(3,4)5;1-3-6-4(2)5;/h7-15,18,22H,16-17H2,1-6H3;7-10,12,15H,11H2,1-6H3,(H,20,21);3H2,1-2H3;1H4/t22-;15-;;/m00../s1. The molecule has 1 N–H and O–H groups in total. The average Bonchev–Trinajstić information content (AvgIpc) is 3.11. The first kappa shape index (κ1) is 56.5. The highest BCUT2D eigenvalue weighted by Gasteiger charge is 2.29. The molecule has 346 valence electrons. The van der Waals surface area contributed by atoms with E-state index in [1.807, 2.05) is 82.1 Å². The van der Waals surface area contributed by atoms with Gasteiger partial charge in [0, 0.05) is 20.0 Å². The Balaban J connectivity index is 0.00000107. The minimum Gasteiger partial charge on any atom is -0.480 e. The van der Waals surface area contributed by atoms with Crippen molar-refractivity contribution >= 4 is 30.2 Å². The lowest BCUT2D eigenvalue weighted by Crippen LogP contribution is -2.43. The van der Waals surface area contributed by atoms with Crippen molar-refractivity contribution in [2.45, 2.75) is 133 Å². The predicted octanol–water partition coefficient (Wildman–Crippen LogP) is 9.95. The van der Waals surface area contributed by atoms with Gasteiger partial charge in [-0.05, 0) is 115 Å². The number of rotatable bonds is 15. The Kier molecular flexibility index (Phi) is 25.0. The molecule has 3 aromatic rings. The summed E-state index contributed by atoms with van der Waals surface area (Å²) in [5.74, 6) is -0.413. The van der Waals surface area contributed by atoms with E-state index in [0.717, 1.165) is 16.7 Å². The lowest BCUT2D eigenvalue weighted by molar-refractivity contribution is -0.153. The summed E-state index contributed by atoms with van der Waals surface area (Å²) in [6, 6.07) is 22.8. The van der Waals surface area contributed by atoms with E-state index in [0.29, 0.717) is 31.2 Å². The maximum atomic E-state index is 12.7. The first-order chi connectivity index (χ1) is 28.3. The Morgan fingerprint density at radius 3 is 1.29 bits per heavy atom. The molecule has 0 radical (unpaired) electrons. The summed E-state index contributed by atoms with van der Waals surface area (Å²) in [6.45, 7) is 23.4. The van der Waals surface area contributed by atoms with Crippen molar-refractivity contribution in [2.75, 3.05) is 20.7 Å². The average molecular weight is 869 g/mol. The number of carbonyl (C=O) groups is 5. The van der Waals surface area contributed by atoms with Crippen molar-refractivity contribution < 1.29 is 57.5 Å². The number of carboxylic acid groups (broad SMARTS) is 1. The van der Waals surface area contributed by atoms with Crippen LogP contribution in [0.5, 0.6) is 11.5 Å². The van der Waals surface area contributed by atoms with Gasteiger partial charge in [-0.1, -0.05) is 89.7 Å². The van der Waals surface area contributed by atoms with Crippen molar-refractivity contribution in [3.63, 3.8) is 0 Å². The highest BCUT2D eigenvalue weighted by molar-refractivity contribution is 5.76. The second-order valence-corrected chi connectivity index (χ2v) is 17.0. The number of hydrogen-bond acceptors (Lipinski definition) is 13. The van der Waals surface area contributed by atoms with Crippen LogP contribution >= 0.6 is 0 Å². The fraction of sp³-hybridized carbons (Fsp3) is 0.521. The fourth-order valence-electron chi connectivity index (χ4n) is 5.79. The Morgan fingerprint density at radius 1 is 0.597 bits per heavy atom. The number of hydrogen-bond donors (Lipinski definition) is 1. The number of aliphatic carboxylic acids is 1. The molecule has 3 aromatic carbocycles. The molecule has 0 bridgehead atoms. The lowest BCUT2D eigenvalue weighted by atomic mass is 10.0. The molecule has 0 saturated heterocycles. The van der Waals surface area contributed by atoms with Gasteiger partial charge in [0.1, 0.15) is 41.4 Å². The first-order valence-corrected chi connectivity index (χ1v) is 20.3. The van der Waals surface area contributed by atoms with E-state index in [4.69, 9.17) is 23.7 Å². The van der Waals surface area contributed by atoms with Crippen molar-refractivity contribution in [3.05, 3.63) is 95.6 Å². The second kappa shape index (κ2) is 27.5. The fourth-order valence-corrected chi connectivity index (χ4v) is 5.79. The third kappa shape index (κ3) is 24.1. The van der Waals surface area contributed by atoms with Crippen LogP contribution in [0.25, 0.3) is 0 Å². The van der Waals surface area contributed by atoms with Gasteiger partial charge in [-0.2, -0.15) is 0 Å². The molecule has 0 amide bonds. The molecule has 0 aliphatic heterocycles. The molecule has 14 heteroatoms. The van der Waals surface area contributed by atoms with Gasteiger partial charge in [0.2, 0.25) is 0 Å². The number of carbonyl (C=O) groups excluding carboxylic acids is 4. The van der Waals surface area contributed by atoms with Gasteiger partial charge in [0.05, 0.1) is 6.61 Å². The number of nitrogens with zero attached hydrogens (tertiary/aromatic N) is 2. The zero-order valence-corrected chi connectivity index (χ0v) is 38.5. The summed E-state index contributed by atoms with van der Waals surface area (Å²) < 4.78 is 30.5. The maximum absolute atomic E-state index is 12.7. The lowest BCUT2D eigenvalue weighted by Gasteiger charge is -2.29. The van der Waals surface area contributed by atoms with Gasteiger partial charge in [-0.3, -0.25) is 24.2 Å². The number of benzene rings is 3. The van der Waals surface area contributed by atoms with Crippen LogP contribution in [0.3, 0.4) is 0 Å². The molecule has 0 fully saturated rings. The molecule has 2 atom stereocenters. The maximum Gasteiger partial charge on any atom is 0.514 e. The van der Waals surface area contributed by atoms with Gasteiger partial charge in [-0.15, -0.1) is 0 Å². The Morgan fingerprint density at radius 2 is 0.984 bits per heavy atom. The van der Waals surface area contributed by atoms with Crippen LogP contribution in [-0.2, 0) is 53.0 Å². The summed E-state index contributed by atoms with van der Waals surface area (Å²) in [5.41, 5.74) is 1.66. The van der Waals surface area contributed by atoms with Gasteiger partial charge in [-0.25, -0.2) is 9.59 Å². The molecule has 0 aliphatic carbocycles. The Hall–Kier alpha value is -5.47. The monoisotopic (exact) mass is 869 g/mol. The number of likely N-dealkylation sites (N-methyl/N-ethyl adjacent to an activating group) is 2. The number of carboxylic acids is 1. The third-order valence-electron chi connectivity index (χ3n) is 8.17. The minimum atomic E-state index is -0.836. The zero-order valence-electron chi connectivity index (χ0n) is 38.5. The van der Waals surface area contributed by atoms with Gasteiger partial charge in [0.15, 0.2) is 0 Å². The molecular weight excluding hydrogens is 797 g/mol. The first-order valence-electron chi connectivity index (χ1n) is 20.3. The zero-order chi connectivity index (χ0) is 46.5. The van der Waals surface area contributed by atoms with Crippen molar-refractivity contribution in [1.29, 1.82) is 0 Å². The third-order valence-corrected chi connectivity index (χ3v) is 8.17. The van der Waals surface area contributed by atoms with Crippen LogP contribution < -0.4 is 9.47 Å². The van der Waals surface area contributed by atoms with Gasteiger partial charge < -0.3 is 33.5 Å². The van der Waals surface area contributed by atoms with Crippen molar-refractivity contribution in [2.24, 2.45) is 11.8 Å². The van der Waals surface area contributed by atoms with E-state index >= 15 is 0 Å². The van der Waals surface area contributed by atoms with E-state index in [1.165, 1.54) is 6.92 Å². The van der Waals surface area contributed by atoms with E-state index in [2.05, 4.69) is 4.74 Å². The summed E-state index contributed by atoms with van der Waals surface area (Å²) in [5, 5.41) is 9.32. The molecule has 0 aliphatic rings. The Labute approximate surface area is 369 Å². The smallest absolute Gasteiger partial charge is 0.480 e. The quantitative estimate of drug-likeness (QED) is 0.0870. The highest BCUT2D eigenvalue weighted by Crippen LogP contribution is 2.21. The van der Waals surface area contributed by atoms with Crippen LogP contribution in [0.15, 0.2) is 78.9 Å². The summed E-state index contributed by atoms with van der Waals surface area (Å²) >= 11 is 0. The molecule has 14 nitrogen and oxygen atoms in total. The summed E-state index contributed by atoms with van der Waals surface area (Å²) in [6.07, 6.45) is -1.49. The van der Waals surface area contributed by atoms with E-state index in [9.17, 15) is 29.1 Å². The van der Waals surface area contributed by atoms with Crippen LogP contribution in [0.1, 0.15) is 107 Å². The molecule has 62 heavy (non-hydrogen) atoms. The Bertz CT molecular complexity index is 1780. The van der Waals surface area contributed by atoms with E-state index in [1.54, 1.807) is 96.8 Å².